The van der Waals surface area contributed by atoms with Gasteiger partial charge in [-0.3, -0.25) is 9.78 Å². The van der Waals surface area contributed by atoms with Gasteiger partial charge in [0.2, 0.25) is 0 Å². The zero-order valence-electron chi connectivity index (χ0n) is 8.36. The van der Waals surface area contributed by atoms with Crippen LogP contribution >= 0.6 is 0 Å². The van der Waals surface area contributed by atoms with Gasteiger partial charge in [-0.1, -0.05) is 0 Å². The number of alkyl halides is 3. The predicted molar refractivity (Wildman–Crippen MR) is 53.8 cm³/mol. The average Bonchev–Trinajstić information content (AvgIpc) is 2.26. The zero-order chi connectivity index (χ0) is 12.5. The number of carbonyl (C=O) groups is 1. The molecule has 1 aromatic heterocycles. The maximum atomic E-state index is 12.0. The zero-order valence-corrected chi connectivity index (χ0v) is 8.36. The Morgan fingerprint density at radius 2 is 2.00 bits per heavy atom. The van der Waals surface area contributed by atoms with E-state index in [4.69, 9.17) is 0 Å². The number of carbonyl (C=O) groups excluding carboxylic acids is 1. The molecule has 1 aromatic carbocycles. The van der Waals surface area contributed by atoms with Crippen LogP contribution in [0.1, 0.15) is 10.4 Å². The van der Waals surface area contributed by atoms with Crippen molar-refractivity contribution in [3.05, 3.63) is 36.0 Å². The number of hydrogen-bond donors (Lipinski definition) is 0. The highest BCUT2D eigenvalue weighted by molar-refractivity contribution is 5.96. The Kier molecular flexibility index (Phi) is 2.71. The van der Waals surface area contributed by atoms with Crippen LogP contribution in [0.4, 0.5) is 13.2 Å². The fourth-order valence-electron chi connectivity index (χ4n) is 1.45. The summed E-state index contributed by atoms with van der Waals surface area (Å²) in [6, 6.07) is 5.08. The number of pyridine rings is 1. The minimum absolute atomic E-state index is 0.266. The lowest BCUT2D eigenvalue weighted by molar-refractivity contribution is -0.274. The van der Waals surface area contributed by atoms with Crippen molar-refractivity contribution in [3.63, 3.8) is 0 Å². The summed E-state index contributed by atoms with van der Waals surface area (Å²) in [5.74, 6) is -0.374. The minimum atomic E-state index is -4.75. The highest BCUT2D eigenvalue weighted by Gasteiger charge is 2.31. The highest BCUT2D eigenvalue weighted by Crippen LogP contribution is 2.26. The van der Waals surface area contributed by atoms with Crippen LogP contribution in [0.5, 0.6) is 5.75 Å². The summed E-state index contributed by atoms with van der Waals surface area (Å²) in [7, 11) is 0. The van der Waals surface area contributed by atoms with E-state index >= 15 is 0 Å². The molecule has 0 aliphatic carbocycles. The van der Waals surface area contributed by atoms with Crippen molar-refractivity contribution < 1.29 is 22.7 Å². The van der Waals surface area contributed by atoms with Gasteiger partial charge < -0.3 is 4.74 Å². The molecule has 17 heavy (non-hydrogen) atoms. The summed E-state index contributed by atoms with van der Waals surface area (Å²) in [5, 5.41) is 0.323. The van der Waals surface area contributed by atoms with Gasteiger partial charge in [-0.15, -0.1) is 13.2 Å². The SMILES string of the molecule is O=Cc1ccnc2ccc(OC(F)(F)F)cc12. The Labute approximate surface area is 93.8 Å². The van der Waals surface area contributed by atoms with E-state index in [-0.39, 0.29) is 11.3 Å². The van der Waals surface area contributed by atoms with Crippen LogP contribution in [0, 0.1) is 0 Å². The van der Waals surface area contributed by atoms with Gasteiger partial charge in [0.25, 0.3) is 0 Å². The molecule has 1 heterocycles. The fraction of sp³-hybridized carbons (Fsp3) is 0.0909. The van der Waals surface area contributed by atoms with E-state index in [2.05, 4.69) is 9.72 Å². The maximum Gasteiger partial charge on any atom is 0.573 e. The van der Waals surface area contributed by atoms with Gasteiger partial charge in [-0.05, 0) is 24.3 Å². The van der Waals surface area contributed by atoms with Crippen LogP contribution in [-0.4, -0.2) is 17.6 Å². The molecule has 0 bridgehead atoms. The molecule has 88 valence electrons. The van der Waals surface area contributed by atoms with E-state index in [9.17, 15) is 18.0 Å². The maximum absolute atomic E-state index is 12.0. The molecule has 3 nitrogen and oxygen atoms in total. The fourth-order valence-corrected chi connectivity index (χ4v) is 1.45. The van der Waals surface area contributed by atoms with Crippen molar-refractivity contribution >= 4 is 17.2 Å². The van der Waals surface area contributed by atoms with Crippen molar-refractivity contribution in [1.29, 1.82) is 0 Å². The third kappa shape index (κ3) is 2.52. The second-order valence-electron chi connectivity index (χ2n) is 3.24. The van der Waals surface area contributed by atoms with Crippen molar-refractivity contribution in [1.82, 2.24) is 4.98 Å². The molecule has 0 N–H and O–H groups in total. The van der Waals surface area contributed by atoms with Crippen LogP contribution in [0.25, 0.3) is 10.9 Å². The van der Waals surface area contributed by atoms with E-state index in [1.54, 1.807) is 0 Å². The van der Waals surface area contributed by atoms with Crippen molar-refractivity contribution in [2.24, 2.45) is 0 Å². The number of ether oxygens (including phenoxy) is 1. The molecular formula is C11H6F3NO2. The van der Waals surface area contributed by atoms with Crippen LogP contribution in [0.2, 0.25) is 0 Å². The number of benzene rings is 1. The standard InChI is InChI=1S/C11H6F3NO2/c12-11(13,14)17-8-1-2-10-9(5-8)7(6-16)3-4-15-10/h1-6H. The molecule has 0 fully saturated rings. The Morgan fingerprint density at radius 3 is 2.65 bits per heavy atom. The van der Waals surface area contributed by atoms with Gasteiger partial charge in [0.1, 0.15) is 5.75 Å². The lowest BCUT2D eigenvalue weighted by Crippen LogP contribution is -2.17. The number of nitrogens with zero attached hydrogens (tertiary/aromatic N) is 1. The molecule has 2 rings (SSSR count). The molecule has 0 spiro atoms. The lowest BCUT2D eigenvalue weighted by atomic mass is 10.1. The summed E-state index contributed by atoms with van der Waals surface area (Å²) in [6.07, 6.45) is -2.78. The van der Waals surface area contributed by atoms with Gasteiger partial charge >= 0.3 is 6.36 Å². The predicted octanol–water partition coefficient (Wildman–Crippen LogP) is 2.95. The molecule has 0 aliphatic heterocycles. The largest absolute Gasteiger partial charge is 0.573 e. The molecule has 6 heteroatoms. The van der Waals surface area contributed by atoms with Crippen molar-refractivity contribution in [2.45, 2.75) is 6.36 Å². The summed E-state index contributed by atoms with van der Waals surface area (Å²) in [4.78, 5) is 14.7. The summed E-state index contributed by atoms with van der Waals surface area (Å²) in [5.41, 5.74) is 0.701. The molecule has 0 aliphatic rings. The minimum Gasteiger partial charge on any atom is -0.406 e. The summed E-state index contributed by atoms with van der Waals surface area (Å²) >= 11 is 0. The Hall–Kier alpha value is -2.11. The normalized spacial score (nSPS) is 11.5. The van der Waals surface area contributed by atoms with E-state index in [1.165, 1.54) is 18.3 Å². The number of fused-ring (bicyclic) bond motifs is 1. The molecule has 0 atom stereocenters. The van der Waals surface area contributed by atoms with Crippen LogP contribution in [0.3, 0.4) is 0 Å². The highest BCUT2D eigenvalue weighted by atomic mass is 19.4. The number of halogens is 3. The molecule has 0 saturated carbocycles. The van der Waals surface area contributed by atoms with E-state index in [0.29, 0.717) is 17.2 Å². The van der Waals surface area contributed by atoms with Crippen molar-refractivity contribution in [2.75, 3.05) is 0 Å². The number of hydrogen-bond acceptors (Lipinski definition) is 3. The van der Waals surface area contributed by atoms with E-state index < -0.39 is 6.36 Å². The molecule has 0 amide bonds. The smallest absolute Gasteiger partial charge is 0.406 e. The Morgan fingerprint density at radius 1 is 1.24 bits per heavy atom. The number of aldehydes is 1. The molecular weight excluding hydrogens is 235 g/mol. The topological polar surface area (TPSA) is 39.2 Å². The van der Waals surface area contributed by atoms with Gasteiger partial charge in [-0.25, -0.2) is 0 Å². The van der Waals surface area contributed by atoms with Gasteiger partial charge in [-0.2, -0.15) is 0 Å². The number of aromatic nitrogens is 1. The first-order valence-corrected chi connectivity index (χ1v) is 4.59. The van der Waals surface area contributed by atoms with E-state index in [1.807, 2.05) is 0 Å². The molecule has 0 saturated heterocycles. The molecule has 0 radical (unpaired) electrons. The van der Waals surface area contributed by atoms with E-state index in [0.717, 1.165) is 12.1 Å². The third-order valence-corrected chi connectivity index (χ3v) is 2.11. The quantitative estimate of drug-likeness (QED) is 0.759. The average molecular weight is 241 g/mol. The summed E-state index contributed by atoms with van der Waals surface area (Å²) < 4.78 is 39.8. The molecule has 0 unspecified atom stereocenters. The van der Waals surface area contributed by atoms with Crippen LogP contribution in [-0.2, 0) is 0 Å². The second kappa shape index (κ2) is 4.04. The first kappa shape index (κ1) is 11.4. The third-order valence-electron chi connectivity index (χ3n) is 2.11. The first-order chi connectivity index (χ1) is 7.99. The first-order valence-electron chi connectivity index (χ1n) is 4.59. The van der Waals surface area contributed by atoms with Gasteiger partial charge in [0.15, 0.2) is 6.29 Å². The molecule has 2 aromatic rings. The second-order valence-corrected chi connectivity index (χ2v) is 3.24. The Bertz CT molecular complexity index is 566. The van der Waals surface area contributed by atoms with Gasteiger partial charge in [0.05, 0.1) is 5.52 Å². The monoisotopic (exact) mass is 241 g/mol. The van der Waals surface area contributed by atoms with Crippen LogP contribution in [0.15, 0.2) is 30.5 Å². The van der Waals surface area contributed by atoms with Crippen molar-refractivity contribution in [3.8, 4) is 5.75 Å². The van der Waals surface area contributed by atoms with Crippen LogP contribution < -0.4 is 4.74 Å². The Balaban J connectivity index is 2.52. The number of rotatable bonds is 2. The summed E-state index contributed by atoms with van der Waals surface area (Å²) in [6.45, 7) is 0. The van der Waals surface area contributed by atoms with Gasteiger partial charge in [0, 0.05) is 17.1 Å². The lowest BCUT2D eigenvalue weighted by Gasteiger charge is -2.09.